The van der Waals surface area contributed by atoms with E-state index in [1.54, 1.807) is 0 Å². The van der Waals surface area contributed by atoms with Gasteiger partial charge in [-0.15, -0.1) is 35.3 Å². The Bertz CT molecular complexity index is 525. The standard InChI is InChI=1S/C18H31N3OS.HI/c1-13-8-9-15(23-13)12-21-17(19-5)20-11-14-7-6-10-22-16(14)18(2,3)4;/h8-9,14,16H,6-7,10-12H2,1-5H3,(H2,19,20,21);1H. The number of hydrogen-bond donors (Lipinski definition) is 2. The van der Waals surface area contributed by atoms with Gasteiger partial charge in [0.05, 0.1) is 12.6 Å². The summed E-state index contributed by atoms with van der Waals surface area (Å²) in [5, 5.41) is 6.88. The molecular weight excluding hydrogens is 433 g/mol. The molecule has 1 aliphatic rings. The summed E-state index contributed by atoms with van der Waals surface area (Å²) in [6, 6.07) is 4.33. The lowest BCUT2D eigenvalue weighted by Gasteiger charge is -2.40. The second-order valence-electron chi connectivity index (χ2n) is 7.38. The molecule has 1 aromatic rings. The van der Waals surface area contributed by atoms with E-state index in [4.69, 9.17) is 4.74 Å². The van der Waals surface area contributed by atoms with Crippen molar-refractivity contribution in [2.75, 3.05) is 20.2 Å². The van der Waals surface area contributed by atoms with Crippen molar-refractivity contribution in [1.29, 1.82) is 0 Å². The first-order valence-electron chi connectivity index (χ1n) is 8.51. The minimum Gasteiger partial charge on any atom is -0.377 e. The van der Waals surface area contributed by atoms with E-state index in [1.807, 2.05) is 18.4 Å². The van der Waals surface area contributed by atoms with Crippen molar-refractivity contribution in [1.82, 2.24) is 10.6 Å². The molecular formula is C18H32IN3OS. The molecule has 0 bridgehead atoms. The molecule has 138 valence electrons. The number of aryl methyl sites for hydroxylation is 1. The first-order chi connectivity index (χ1) is 10.9. The van der Waals surface area contributed by atoms with Crippen LogP contribution in [0.1, 0.15) is 43.4 Å². The van der Waals surface area contributed by atoms with Crippen LogP contribution in [0.2, 0.25) is 0 Å². The van der Waals surface area contributed by atoms with E-state index in [2.05, 4.69) is 55.5 Å². The van der Waals surface area contributed by atoms with Gasteiger partial charge in [-0.05, 0) is 37.3 Å². The highest BCUT2D eigenvalue weighted by molar-refractivity contribution is 14.0. The average Bonchev–Trinajstić information content (AvgIpc) is 2.92. The van der Waals surface area contributed by atoms with Crippen LogP contribution in [0.25, 0.3) is 0 Å². The fourth-order valence-corrected chi connectivity index (χ4v) is 4.04. The summed E-state index contributed by atoms with van der Waals surface area (Å²) in [6.07, 6.45) is 2.68. The first kappa shape index (κ1) is 21.7. The molecule has 6 heteroatoms. The normalized spacial score (nSPS) is 22.0. The van der Waals surface area contributed by atoms with Crippen LogP contribution in [-0.2, 0) is 11.3 Å². The largest absolute Gasteiger partial charge is 0.377 e. The van der Waals surface area contributed by atoms with E-state index < -0.39 is 0 Å². The number of thiophene rings is 1. The molecule has 1 aromatic heterocycles. The van der Waals surface area contributed by atoms with Gasteiger partial charge in [0.15, 0.2) is 5.96 Å². The highest BCUT2D eigenvalue weighted by atomic mass is 127. The van der Waals surface area contributed by atoms with E-state index in [-0.39, 0.29) is 29.4 Å². The van der Waals surface area contributed by atoms with Crippen molar-refractivity contribution in [3.63, 3.8) is 0 Å². The van der Waals surface area contributed by atoms with E-state index in [0.29, 0.717) is 12.0 Å². The van der Waals surface area contributed by atoms with Crippen molar-refractivity contribution in [3.8, 4) is 0 Å². The van der Waals surface area contributed by atoms with Crippen LogP contribution in [0.4, 0.5) is 0 Å². The van der Waals surface area contributed by atoms with Gasteiger partial charge < -0.3 is 15.4 Å². The number of guanidine groups is 1. The maximum absolute atomic E-state index is 6.05. The van der Waals surface area contributed by atoms with Gasteiger partial charge in [0.1, 0.15) is 0 Å². The molecule has 2 N–H and O–H groups in total. The summed E-state index contributed by atoms with van der Waals surface area (Å²) in [4.78, 5) is 7.02. The summed E-state index contributed by atoms with van der Waals surface area (Å²) in [5.41, 5.74) is 0.179. The predicted molar refractivity (Wildman–Crippen MR) is 115 cm³/mol. The van der Waals surface area contributed by atoms with Crippen molar-refractivity contribution >= 4 is 41.3 Å². The zero-order chi connectivity index (χ0) is 16.9. The van der Waals surface area contributed by atoms with E-state index >= 15 is 0 Å². The van der Waals surface area contributed by atoms with Crippen LogP contribution in [0.15, 0.2) is 17.1 Å². The van der Waals surface area contributed by atoms with Crippen LogP contribution >= 0.6 is 35.3 Å². The molecule has 1 saturated heterocycles. The van der Waals surface area contributed by atoms with Crippen LogP contribution in [-0.4, -0.2) is 32.3 Å². The maximum Gasteiger partial charge on any atom is 0.191 e. The Hall–Kier alpha value is -0.340. The lowest BCUT2D eigenvalue weighted by molar-refractivity contribution is -0.0835. The van der Waals surface area contributed by atoms with Crippen molar-refractivity contribution in [2.45, 2.75) is 53.2 Å². The Morgan fingerprint density at radius 2 is 2.08 bits per heavy atom. The summed E-state index contributed by atoms with van der Waals surface area (Å²) in [6.45, 7) is 11.6. The molecule has 2 heterocycles. The number of aliphatic imine (C=N–C) groups is 1. The molecule has 2 atom stereocenters. The molecule has 1 fully saturated rings. The van der Waals surface area contributed by atoms with E-state index in [0.717, 1.165) is 32.1 Å². The molecule has 0 saturated carbocycles. The molecule has 0 aliphatic carbocycles. The zero-order valence-electron chi connectivity index (χ0n) is 15.5. The highest BCUT2D eigenvalue weighted by Gasteiger charge is 2.35. The molecule has 1 aliphatic heterocycles. The SMILES string of the molecule is CN=C(NCc1ccc(C)s1)NCC1CCCOC1C(C)(C)C.I. The lowest BCUT2D eigenvalue weighted by atomic mass is 9.78. The van der Waals surface area contributed by atoms with Crippen molar-refractivity contribution in [2.24, 2.45) is 16.3 Å². The maximum atomic E-state index is 6.05. The smallest absolute Gasteiger partial charge is 0.191 e. The second kappa shape index (κ2) is 9.97. The topological polar surface area (TPSA) is 45.7 Å². The Labute approximate surface area is 167 Å². The Kier molecular flexibility index (Phi) is 9.01. The molecule has 2 rings (SSSR count). The van der Waals surface area contributed by atoms with Gasteiger partial charge in [-0.2, -0.15) is 0 Å². The number of halogens is 1. The number of ether oxygens (including phenoxy) is 1. The van der Waals surface area contributed by atoms with Gasteiger partial charge in [-0.25, -0.2) is 0 Å². The average molecular weight is 465 g/mol. The monoisotopic (exact) mass is 465 g/mol. The molecule has 0 aromatic carbocycles. The third kappa shape index (κ3) is 6.52. The Balaban J connectivity index is 0.00000288. The van der Waals surface area contributed by atoms with Crippen LogP contribution in [0.5, 0.6) is 0 Å². The third-order valence-electron chi connectivity index (χ3n) is 4.28. The summed E-state index contributed by atoms with van der Waals surface area (Å²) < 4.78 is 6.05. The summed E-state index contributed by atoms with van der Waals surface area (Å²) in [5.74, 6) is 1.40. The molecule has 0 spiro atoms. The van der Waals surface area contributed by atoms with E-state index in [9.17, 15) is 0 Å². The first-order valence-corrected chi connectivity index (χ1v) is 9.33. The Morgan fingerprint density at radius 3 is 2.67 bits per heavy atom. The van der Waals surface area contributed by atoms with Crippen molar-refractivity contribution < 1.29 is 4.74 Å². The van der Waals surface area contributed by atoms with Crippen molar-refractivity contribution in [3.05, 3.63) is 21.9 Å². The molecule has 2 unspecified atom stereocenters. The quantitative estimate of drug-likeness (QED) is 0.399. The summed E-state index contributed by atoms with van der Waals surface area (Å²) >= 11 is 1.82. The van der Waals surface area contributed by atoms with E-state index in [1.165, 1.54) is 16.2 Å². The lowest BCUT2D eigenvalue weighted by Crippen LogP contribution is -2.47. The van der Waals surface area contributed by atoms with Crippen LogP contribution in [0.3, 0.4) is 0 Å². The van der Waals surface area contributed by atoms with Gasteiger partial charge in [0.2, 0.25) is 0 Å². The molecule has 4 nitrogen and oxygen atoms in total. The molecule has 24 heavy (non-hydrogen) atoms. The molecule has 0 amide bonds. The number of nitrogens with zero attached hydrogens (tertiary/aromatic N) is 1. The fraction of sp³-hybridized carbons (Fsp3) is 0.722. The van der Waals surface area contributed by atoms with Crippen LogP contribution in [0, 0.1) is 18.3 Å². The zero-order valence-corrected chi connectivity index (χ0v) is 18.7. The minimum absolute atomic E-state index is 0. The second-order valence-corrected chi connectivity index (χ2v) is 8.75. The predicted octanol–water partition coefficient (Wildman–Crippen LogP) is 4.18. The summed E-state index contributed by atoms with van der Waals surface area (Å²) in [7, 11) is 1.83. The van der Waals surface area contributed by atoms with Gasteiger partial charge in [0.25, 0.3) is 0 Å². The number of rotatable bonds is 4. The van der Waals surface area contributed by atoms with Gasteiger partial charge in [-0.1, -0.05) is 20.8 Å². The third-order valence-corrected chi connectivity index (χ3v) is 5.28. The fourth-order valence-electron chi connectivity index (χ4n) is 3.21. The minimum atomic E-state index is 0. The van der Waals surface area contributed by atoms with Gasteiger partial charge in [-0.3, -0.25) is 4.99 Å². The highest BCUT2D eigenvalue weighted by Crippen LogP contribution is 2.33. The van der Waals surface area contributed by atoms with Crippen LogP contribution < -0.4 is 10.6 Å². The van der Waals surface area contributed by atoms with Gasteiger partial charge >= 0.3 is 0 Å². The number of nitrogens with one attached hydrogen (secondary N) is 2. The number of hydrogen-bond acceptors (Lipinski definition) is 3. The Morgan fingerprint density at radius 1 is 1.33 bits per heavy atom. The van der Waals surface area contributed by atoms with Gasteiger partial charge in [0, 0.05) is 35.9 Å². The molecule has 0 radical (unpaired) electrons.